The normalized spacial score (nSPS) is 11.4. The summed E-state index contributed by atoms with van der Waals surface area (Å²) in [4.78, 5) is 12.5. The van der Waals surface area contributed by atoms with E-state index in [4.69, 9.17) is 21.1 Å². The average molecular weight is 453 g/mol. The van der Waals surface area contributed by atoms with Gasteiger partial charge in [0.05, 0.1) is 18.9 Å². The van der Waals surface area contributed by atoms with Crippen molar-refractivity contribution in [1.82, 2.24) is 9.78 Å². The molecule has 0 spiro atoms. The standard InChI is InChI=1S/C26H29ClN2O3/c1-16(2)21-13-23(27)17(3)11-26(21)32-15-20-12-19(8-10-25(20)31-6)7-9-24(30)22-14-28-29(5)18(22)4/h7-14,16H,15H2,1-6H3/b9-7+. The summed E-state index contributed by atoms with van der Waals surface area (Å²) >= 11 is 6.32. The number of carbonyl (C=O) groups is 1. The van der Waals surface area contributed by atoms with Gasteiger partial charge in [0.2, 0.25) is 0 Å². The van der Waals surface area contributed by atoms with Gasteiger partial charge in [-0.2, -0.15) is 5.10 Å². The quantitative estimate of drug-likeness (QED) is 0.297. The Morgan fingerprint density at radius 3 is 2.56 bits per heavy atom. The molecule has 0 saturated heterocycles. The number of nitrogens with zero attached hydrogens (tertiary/aromatic N) is 2. The molecule has 0 aliphatic carbocycles. The zero-order chi connectivity index (χ0) is 23.4. The summed E-state index contributed by atoms with van der Waals surface area (Å²) in [5, 5.41) is 4.87. The van der Waals surface area contributed by atoms with Gasteiger partial charge in [0.15, 0.2) is 5.78 Å². The summed E-state index contributed by atoms with van der Waals surface area (Å²) in [7, 11) is 3.45. The third-order valence-corrected chi connectivity index (χ3v) is 5.94. The molecule has 0 aliphatic heterocycles. The zero-order valence-electron chi connectivity index (χ0n) is 19.4. The lowest BCUT2D eigenvalue weighted by atomic mass is 10.0. The van der Waals surface area contributed by atoms with Crippen LogP contribution in [0.15, 0.2) is 42.6 Å². The summed E-state index contributed by atoms with van der Waals surface area (Å²) < 4.78 is 13.4. The van der Waals surface area contributed by atoms with Crippen molar-refractivity contribution in [1.29, 1.82) is 0 Å². The second kappa shape index (κ2) is 10.0. The number of hydrogen-bond acceptors (Lipinski definition) is 4. The number of aromatic nitrogens is 2. The first kappa shape index (κ1) is 23.6. The maximum absolute atomic E-state index is 12.5. The first-order chi connectivity index (χ1) is 15.2. The van der Waals surface area contributed by atoms with E-state index in [1.165, 1.54) is 0 Å². The molecule has 6 heteroatoms. The molecule has 0 saturated carbocycles. The van der Waals surface area contributed by atoms with Crippen molar-refractivity contribution < 1.29 is 14.3 Å². The van der Waals surface area contributed by atoms with Gasteiger partial charge in [-0.05, 0) is 66.8 Å². The van der Waals surface area contributed by atoms with E-state index < -0.39 is 0 Å². The van der Waals surface area contributed by atoms with Crippen molar-refractivity contribution in [3.05, 3.63) is 81.1 Å². The highest BCUT2D eigenvalue weighted by Crippen LogP contribution is 2.33. The Balaban J connectivity index is 1.82. The molecule has 0 bridgehead atoms. The van der Waals surface area contributed by atoms with Crippen LogP contribution in [0.25, 0.3) is 6.08 Å². The molecule has 2 aromatic carbocycles. The van der Waals surface area contributed by atoms with Crippen LogP contribution in [0.2, 0.25) is 5.02 Å². The lowest BCUT2D eigenvalue weighted by Gasteiger charge is -2.17. The van der Waals surface area contributed by atoms with E-state index in [1.54, 1.807) is 30.1 Å². The molecule has 0 fully saturated rings. The molecule has 0 N–H and O–H groups in total. The lowest BCUT2D eigenvalue weighted by Crippen LogP contribution is -2.03. The fourth-order valence-corrected chi connectivity index (χ4v) is 3.59. The molecular weight excluding hydrogens is 424 g/mol. The van der Waals surface area contributed by atoms with Crippen LogP contribution in [-0.4, -0.2) is 22.7 Å². The minimum atomic E-state index is -0.0811. The summed E-state index contributed by atoms with van der Waals surface area (Å²) in [6.45, 7) is 8.40. The number of ketones is 1. The van der Waals surface area contributed by atoms with Gasteiger partial charge in [-0.15, -0.1) is 0 Å². The van der Waals surface area contributed by atoms with Gasteiger partial charge >= 0.3 is 0 Å². The van der Waals surface area contributed by atoms with Gasteiger partial charge in [-0.3, -0.25) is 9.48 Å². The number of carbonyl (C=O) groups excluding carboxylic acids is 1. The Bertz CT molecular complexity index is 1160. The second-order valence-corrected chi connectivity index (χ2v) is 8.53. The van der Waals surface area contributed by atoms with Gasteiger partial charge < -0.3 is 9.47 Å². The summed E-state index contributed by atoms with van der Waals surface area (Å²) in [6.07, 6.45) is 4.95. The lowest BCUT2D eigenvalue weighted by molar-refractivity contribution is 0.104. The molecule has 1 aromatic heterocycles. The Morgan fingerprint density at radius 1 is 1.19 bits per heavy atom. The first-order valence-corrected chi connectivity index (χ1v) is 10.9. The van der Waals surface area contributed by atoms with Crippen LogP contribution in [-0.2, 0) is 13.7 Å². The number of ether oxygens (including phenoxy) is 2. The molecule has 0 radical (unpaired) electrons. The summed E-state index contributed by atoms with van der Waals surface area (Å²) in [5.41, 5.74) is 5.24. The van der Waals surface area contributed by atoms with Crippen LogP contribution >= 0.6 is 11.6 Å². The molecule has 3 aromatic rings. The molecule has 0 unspecified atom stereocenters. The molecule has 32 heavy (non-hydrogen) atoms. The molecule has 0 aliphatic rings. The Hall–Kier alpha value is -3.05. The maximum atomic E-state index is 12.5. The van der Waals surface area contributed by atoms with Gasteiger partial charge in [0.1, 0.15) is 18.1 Å². The minimum absolute atomic E-state index is 0.0811. The smallest absolute Gasteiger partial charge is 0.189 e. The van der Waals surface area contributed by atoms with Crippen molar-refractivity contribution in [3.63, 3.8) is 0 Å². The highest BCUT2D eigenvalue weighted by molar-refractivity contribution is 6.31. The van der Waals surface area contributed by atoms with Crippen LogP contribution in [0.3, 0.4) is 0 Å². The van der Waals surface area contributed by atoms with Gasteiger partial charge in [-0.1, -0.05) is 37.6 Å². The number of aryl methyl sites for hydroxylation is 2. The Morgan fingerprint density at radius 2 is 1.94 bits per heavy atom. The highest BCUT2D eigenvalue weighted by atomic mass is 35.5. The number of rotatable bonds is 8. The maximum Gasteiger partial charge on any atom is 0.189 e. The first-order valence-electron chi connectivity index (χ1n) is 10.5. The molecular formula is C26H29ClN2O3. The number of benzene rings is 2. The number of allylic oxidation sites excluding steroid dienone is 1. The van der Waals surface area contributed by atoms with E-state index >= 15 is 0 Å². The van der Waals surface area contributed by atoms with E-state index in [1.807, 2.05) is 51.2 Å². The van der Waals surface area contributed by atoms with E-state index in [0.717, 1.165) is 44.5 Å². The third-order valence-electron chi connectivity index (χ3n) is 5.53. The third kappa shape index (κ3) is 5.22. The van der Waals surface area contributed by atoms with E-state index in [2.05, 4.69) is 18.9 Å². The fourth-order valence-electron chi connectivity index (χ4n) is 3.42. The van der Waals surface area contributed by atoms with Crippen molar-refractivity contribution >= 4 is 23.5 Å². The molecule has 0 amide bonds. The van der Waals surface area contributed by atoms with Gasteiger partial charge in [0.25, 0.3) is 0 Å². The largest absolute Gasteiger partial charge is 0.496 e. The van der Waals surface area contributed by atoms with E-state index in [0.29, 0.717) is 12.2 Å². The van der Waals surface area contributed by atoms with Crippen LogP contribution in [0.4, 0.5) is 0 Å². The number of hydrogen-bond donors (Lipinski definition) is 0. The molecule has 3 rings (SSSR count). The molecule has 168 valence electrons. The van der Waals surface area contributed by atoms with Crippen LogP contribution in [0.5, 0.6) is 11.5 Å². The van der Waals surface area contributed by atoms with E-state index in [-0.39, 0.29) is 11.7 Å². The van der Waals surface area contributed by atoms with Crippen LogP contribution in [0, 0.1) is 13.8 Å². The summed E-state index contributed by atoms with van der Waals surface area (Å²) in [5.74, 6) is 1.74. The Kier molecular flexibility index (Phi) is 7.41. The number of methoxy groups -OCH3 is 1. The highest BCUT2D eigenvalue weighted by Gasteiger charge is 2.13. The average Bonchev–Trinajstić information content (AvgIpc) is 3.10. The molecule has 1 heterocycles. The van der Waals surface area contributed by atoms with Gasteiger partial charge in [-0.25, -0.2) is 0 Å². The second-order valence-electron chi connectivity index (χ2n) is 8.12. The van der Waals surface area contributed by atoms with Crippen molar-refractivity contribution in [2.75, 3.05) is 7.11 Å². The zero-order valence-corrected chi connectivity index (χ0v) is 20.2. The predicted octanol–water partition coefficient (Wildman–Crippen LogP) is 6.30. The topological polar surface area (TPSA) is 53.3 Å². The van der Waals surface area contributed by atoms with Crippen molar-refractivity contribution in [2.24, 2.45) is 7.05 Å². The van der Waals surface area contributed by atoms with E-state index in [9.17, 15) is 4.79 Å². The molecule has 0 atom stereocenters. The van der Waals surface area contributed by atoms with Crippen LogP contribution < -0.4 is 9.47 Å². The fraction of sp³-hybridized carbons (Fsp3) is 0.308. The monoisotopic (exact) mass is 452 g/mol. The number of halogens is 1. The predicted molar refractivity (Wildman–Crippen MR) is 129 cm³/mol. The van der Waals surface area contributed by atoms with Crippen molar-refractivity contribution in [2.45, 2.75) is 40.2 Å². The van der Waals surface area contributed by atoms with Crippen molar-refractivity contribution in [3.8, 4) is 11.5 Å². The van der Waals surface area contributed by atoms with Gasteiger partial charge in [0, 0.05) is 23.3 Å². The molecule has 5 nitrogen and oxygen atoms in total. The minimum Gasteiger partial charge on any atom is -0.496 e. The van der Waals surface area contributed by atoms with Crippen LogP contribution in [0.1, 0.15) is 58.1 Å². The Labute approximate surface area is 194 Å². The summed E-state index contributed by atoms with van der Waals surface area (Å²) in [6, 6.07) is 9.71. The SMILES string of the molecule is COc1ccc(/C=C/C(=O)c2cnn(C)c2C)cc1COc1cc(C)c(Cl)cc1C(C)C.